The van der Waals surface area contributed by atoms with Gasteiger partial charge in [-0.2, -0.15) is 0 Å². The molecule has 1 aromatic rings. The summed E-state index contributed by atoms with van der Waals surface area (Å²) in [5.74, 6) is 0.713. The molecular weight excluding hydrogens is 190 g/mol. The second-order valence-corrected chi connectivity index (χ2v) is 3.03. The van der Waals surface area contributed by atoms with E-state index in [4.69, 9.17) is 5.41 Å². The predicted molar refractivity (Wildman–Crippen MR) is 62.0 cm³/mol. The standard InChI is InChI=1S/C10H15N5/c1-7(11)8(6-12-2)9-4-5-10(13-3)15-14-9/h4-6,11-12H,1-3H3,(H,13,15)/b8-6+,11-7?. The molecule has 1 heterocycles. The van der Waals surface area contributed by atoms with Crippen LogP contribution in [-0.4, -0.2) is 30.0 Å². The Labute approximate surface area is 89.1 Å². The van der Waals surface area contributed by atoms with Gasteiger partial charge in [-0.3, -0.25) is 0 Å². The summed E-state index contributed by atoms with van der Waals surface area (Å²) in [6.07, 6.45) is 1.74. The summed E-state index contributed by atoms with van der Waals surface area (Å²) in [6.45, 7) is 1.72. The Morgan fingerprint density at radius 1 is 1.33 bits per heavy atom. The third-order valence-corrected chi connectivity index (χ3v) is 1.89. The molecule has 5 nitrogen and oxygen atoms in total. The quantitative estimate of drug-likeness (QED) is 0.644. The van der Waals surface area contributed by atoms with E-state index in [2.05, 4.69) is 20.8 Å². The molecule has 0 fully saturated rings. The molecule has 5 heteroatoms. The molecule has 80 valence electrons. The lowest BCUT2D eigenvalue weighted by Crippen LogP contribution is -2.05. The smallest absolute Gasteiger partial charge is 0.148 e. The van der Waals surface area contributed by atoms with Crippen molar-refractivity contribution in [3.63, 3.8) is 0 Å². The van der Waals surface area contributed by atoms with E-state index in [1.807, 2.05) is 12.1 Å². The van der Waals surface area contributed by atoms with Crippen molar-refractivity contribution in [1.29, 1.82) is 5.41 Å². The number of aromatic nitrogens is 2. The van der Waals surface area contributed by atoms with Gasteiger partial charge >= 0.3 is 0 Å². The predicted octanol–water partition coefficient (Wildman–Crippen LogP) is 1.12. The van der Waals surface area contributed by atoms with Crippen LogP contribution in [0.15, 0.2) is 18.3 Å². The average molecular weight is 205 g/mol. The molecule has 15 heavy (non-hydrogen) atoms. The van der Waals surface area contributed by atoms with Crippen LogP contribution in [0, 0.1) is 5.41 Å². The van der Waals surface area contributed by atoms with Crippen LogP contribution in [0.2, 0.25) is 0 Å². The molecule has 0 amide bonds. The van der Waals surface area contributed by atoms with Crippen LogP contribution in [0.1, 0.15) is 12.6 Å². The van der Waals surface area contributed by atoms with E-state index >= 15 is 0 Å². The summed E-state index contributed by atoms with van der Waals surface area (Å²) in [4.78, 5) is 0. The summed E-state index contributed by atoms with van der Waals surface area (Å²) in [5.41, 5.74) is 1.89. The Morgan fingerprint density at radius 3 is 2.47 bits per heavy atom. The number of hydrogen-bond donors (Lipinski definition) is 3. The van der Waals surface area contributed by atoms with Gasteiger partial charge in [0.25, 0.3) is 0 Å². The highest BCUT2D eigenvalue weighted by molar-refractivity contribution is 6.20. The minimum absolute atomic E-state index is 0.454. The van der Waals surface area contributed by atoms with Crippen molar-refractivity contribution in [2.45, 2.75) is 6.92 Å². The Balaban J connectivity index is 3.02. The number of hydrogen-bond acceptors (Lipinski definition) is 5. The van der Waals surface area contributed by atoms with Crippen molar-refractivity contribution < 1.29 is 0 Å². The zero-order chi connectivity index (χ0) is 11.3. The van der Waals surface area contributed by atoms with Crippen LogP contribution in [0.4, 0.5) is 5.82 Å². The second-order valence-electron chi connectivity index (χ2n) is 3.03. The first kappa shape index (κ1) is 11.2. The van der Waals surface area contributed by atoms with Crippen molar-refractivity contribution in [3.05, 3.63) is 24.0 Å². The van der Waals surface area contributed by atoms with E-state index in [0.717, 1.165) is 5.57 Å². The van der Waals surface area contributed by atoms with Gasteiger partial charge in [-0.05, 0) is 19.1 Å². The third-order valence-electron chi connectivity index (χ3n) is 1.89. The average Bonchev–Trinajstić information content (AvgIpc) is 2.26. The fraction of sp³-hybridized carbons (Fsp3) is 0.300. The highest BCUT2D eigenvalue weighted by Gasteiger charge is 2.05. The van der Waals surface area contributed by atoms with E-state index in [-0.39, 0.29) is 0 Å². The van der Waals surface area contributed by atoms with Crippen LogP contribution in [0.25, 0.3) is 5.57 Å². The Bertz CT molecular complexity index is 366. The number of rotatable bonds is 4. The van der Waals surface area contributed by atoms with Crippen molar-refractivity contribution >= 4 is 17.1 Å². The van der Waals surface area contributed by atoms with Crippen molar-refractivity contribution in [2.75, 3.05) is 19.4 Å². The van der Waals surface area contributed by atoms with E-state index in [1.54, 1.807) is 27.2 Å². The summed E-state index contributed by atoms with van der Waals surface area (Å²) in [5, 5.41) is 21.4. The van der Waals surface area contributed by atoms with E-state index in [9.17, 15) is 0 Å². The molecule has 0 bridgehead atoms. The van der Waals surface area contributed by atoms with Gasteiger partial charge in [0, 0.05) is 31.6 Å². The van der Waals surface area contributed by atoms with Gasteiger partial charge in [0.1, 0.15) is 5.82 Å². The molecule has 3 N–H and O–H groups in total. The molecule has 0 saturated heterocycles. The summed E-state index contributed by atoms with van der Waals surface area (Å²) < 4.78 is 0. The molecule has 0 spiro atoms. The largest absolute Gasteiger partial charge is 0.393 e. The lowest BCUT2D eigenvalue weighted by Gasteiger charge is -2.05. The Morgan fingerprint density at radius 2 is 2.07 bits per heavy atom. The Kier molecular flexibility index (Phi) is 3.79. The molecule has 1 rings (SSSR count). The van der Waals surface area contributed by atoms with E-state index in [1.165, 1.54) is 0 Å². The maximum atomic E-state index is 7.60. The molecule has 0 radical (unpaired) electrons. The molecule has 0 aromatic carbocycles. The number of nitrogens with one attached hydrogen (secondary N) is 3. The third kappa shape index (κ3) is 2.77. The zero-order valence-corrected chi connectivity index (χ0v) is 9.13. The maximum Gasteiger partial charge on any atom is 0.148 e. The van der Waals surface area contributed by atoms with Gasteiger partial charge in [0.05, 0.1) is 5.69 Å². The number of anilines is 1. The van der Waals surface area contributed by atoms with Gasteiger partial charge in [0.15, 0.2) is 0 Å². The fourth-order valence-corrected chi connectivity index (χ4v) is 1.13. The Hall–Kier alpha value is -1.91. The first-order valence-corrected chi connectivity index (χ1v) is 4.64. The van der Waals surface area contributed by atoms with Gasteiger partial charge in [-0.25, -0.2) is 0 Å². The van der Waals surface area contributed by atoms with Crippen molar-refractivity contribution in [3.8, 4) is 0 Å². The molecule has 1 aromatic heterocycles. The fourth-order valence-electron chi connectivity index (χ4n) is 1.13. The summed E-state index contributed by atoms with van der Waals surface area (Å²) >= 11 is 0. The van der Waals surface area contributed by atoms with E-state index < -0.39 is 0 Å². The van der Waals surface area contributed by atoms with Crippen LogP contribution >= 0.6 is 0 Å². The molecule has 0 aliphatic carbocycles. The van der Waals surface area contributed by atoms with Crippen LogP contribution in [0.5, 0.6) is 0 Å². The first-order valence-electron chi connectivity index (χ1n) is 4.64. The van der Waals surface area contributed by atoms with Gasteiger partial charge in [-0.1, -0.05) is 0 Å². The molecule has 0 saturated carbocycles. The normalized spacial score (nSPS) is 11.0. The molecular formula is C10H15N5. The van der Waals surface area contributed by atoms with Crippen LogP contribution in [0.3, 0.4) is 0 Å². The van der Waals surface area contributed by atoms with Crippen LogP contribution in [-0.2, 0) is 0 Å². The summed E-state index contributed by atoms with van der Waals surface area (Å²) in [7, 11) is 3.58. The van der Waals surface area contributed by atoms with Gasteiger partial charge < -0.3 is 16.0 Å². The zero-order valence-electron chi connectivity index (χ0n) is 9.13. The highest BCUT2D eigenvalue weighted by Crippen LogP contribution is 2.12. The van der Waals surface area contributed by atoms with Gasteiger partial charge in [-0.15, -0.1) is 10.2 Å². The lowest BCUT2D eigenvalue weighted by atomic mass is 10.1. The number of nitrogens with zero attached hydrogens (tertiary/aromatic N) is 2. The SMILES string of the molecule is CN/C=C(\C(C)=N)c1ccc(NC)nn1. The van der Waals surface area contributed by atoms with Crippen LogP contribution < -0.4 is 10.6 Å². The monoisotopic (exact) mass is 205 g/mol. The van der Waals surface area contributed by atoms with E-state index in [0.29, 0.717) is 17.2 Å². The molecule has 0 aliphatic rings. The lowest BCUT2D eigenvalue weighted by molar-refractivity contribution is 1.01. The van der Waals surface area contributed by atoms with Crippen molar-refractivity contribution in [1.82, 2.24) is 15.5 Å². The topological polar surface area (TPSA) is 73.7 Å². The second kappa shape index (κ2) is 5.09. The van der Waals surface area contributed by atoms with Gasteiger partial charge in [0.2, 0.25) is 0 Å². The minimum Gasteiger partial charge on any atom is -0.393 e. The molecule has 0 unspecified atom stereocenters. The molecule has 0 aliphatic heterocycles. The van der Waals surface area contributed by atoms with Crippen molar-refractivity contribution in [2.24, 2.45) is 0 Å². The maximum absolute atomic E-state index is 7.60. The number of allylic oxidation sites excluding steroid dienone is 1. The highest BCUT2D eigenvalue weighted by atomic mass is 15.2. The molecule has 0 atom stereocenters. The summed E-state index contributed by atoms with van der Waals surface area (Å²) in [6, 6.07) is 3.66. The minimum atomic E-state index is 0.454. The first-order chi connectivity index (χ1) is 7.19.